The van der Waals surface area contributed by atoms with E-state index in [4.69, 9.17) is 26.4 Å². The van der Waals surface area contributed by atoms with E-state index in [0.717, 1.165) is 21.6 Å². The first-order chi connectivity index (χ1) is 9.31. The fraction of sp³-hybridized carbons (Fsp3) is 0.500. The molecule has 0 spiro atoms. The number of rotatable bonds is 10. The Morgan fingerprint density at radius 2 is 1.85 bits per heavy atom. The van der Waals surface area contributed by atoms with E-state index in [2.05, 4.69) is 6.58 Å². The lowest BCUT2D eigenvalue weighted by molar-refractivity contribution is -0.147. The summed E-state index contributed by atoms with van der Waals surface area (Å²) in [6.45, 7) is 3.29. The molecule has 0 saturated carbocycles. The van der Waals surface area contributed by atoms with Crippen LogP contribution < -0.4 is 11.5 Å². The topological polar surface area (TPSA) is 153 Å². The zero-order valence-corrected chi connectivity index (χ0v) is 12.1. The maximum Gasteiger partial charge on any atom is 0.322 e. The van der Waals surface area contributed by atoms with E-state index in [1.807, 2.05) is 0 Å². The molecule has 0 aromatic heterocycles. The summed E-state index contributed by atoms with van der Waals surface area (Å²) in [6.07, 6.45) is 1.33. The number of hydrogen-bond donors (Lipinski definition) is 4. The fourth-order valence-corrected chi connectivity index (χ4v) is 3.46. The van der Waals surface area contributed by atoms with Gasteiger partial charge in [0.15, 0.2) is 0 Å². The molecule has 3 atom stereocenters. The lowest BCUT2D eigenvalue weighted by Gasteiger charge is -2.18. The van der Waals surface area contributed by atoms with Crippen molar-refractivity contribution in [2.75, 3.05) is 12.4 Å². The molecular weight excluding hydrogens is 308 g/mol. The Labute approximate surface area is 123 Å². The molecule has 0 aliphatic carbocycles. The van der Waals surface area contributed by atoms with Crippen molar-refractivity contribution in [3.05, 3.63) is 12.7 Å². The third-order valence-electron chi connectivity index (χ3n) is 1.92. The van der Waals surface area contributed by atoms with Gasteiger partial charge in [0.1, 0.15) is 23.9 Å². The van der Waals surface area contributed by atoms with E-state index in [1.165, 1.54) is 6.08 Å². The average molecular weight is 324 g/mol. The Hall–Kier alpha value is -1.23. The molecule has 0 bridgehead atoms. The van der Waals surface area contributed by atoms with Crippen LogP contribution in [-0.4, -0.2) is 57.8 Å². The van der Waals surface area contributed by atoms with Crippen LogP contribution in [0.25, 0.3) is 0 Å². The van der Waals surface area contributed by atoms with Crippen molar-refractivity contribution in [1.29, 1.82) is 0 Å². The van der Waals surface area contributed by atoms with Gasteiger partial charge in [-0.05, 0) is 0 Å². The number of esters is 1. The summed E-state index contributed by atoms with van der Waals surface area (Å²) in [5, 5.41) is 16.3. The van der Waals surface area contributed by atoms with Crippen LogP contribution in [0.2, 0.25) is 0 Å². The fourth-order valence-electron chi connectivity index (χ4n) is 0.856. The van der Waals surface area contributed by atoms with Crippen molar-refractivity contribution in [2.24, 2.45) is 11.5 Å². The van der Waals surface area contributed by atoms with Crippen LogP contribution in [0.1, 0.15) is 0 Å². The molecule has 1 unspecified atom stereocenters. The normalized spacial score (nSPS) is 14.9. The van der Waals surface area contributed by atoms with Gasteiger partial charge in [-0.3, -0.25) is 14.4 Å². The minimum Gasteiger partial charge on any atom is -0.480 e. The summed E-state index contributed by atoms with van der Waals surface area (Å²) >= 11 is 0. The van der Waals surface area contributed by atoms with Gasteiger partial charge in [-0.25, -0.2) is 0 Å². The van der Waals surface area contributed by atoms with Gasteiger partial charge in [-0.1, -0.05) is 34.2 Å². The minimum absolute atomic E-state index is 0.00240. The van der Waals surface area contributed by atoms with Crippen molar-refractivity contribution in [1.82, 2.24) is 0 Å². The Bertz CT molecular complexity index is 379. The molecule has 0 radical (unpaired) electrons. The molecule has 0 heterocycles. The number of carboxylic acid groups (broad SMARTS) is 2. The van der Waals surface area contributed by atoms with E-state index < -0.39 is 35.2 Å². The number of nitrogens with two attached hydrogens (primary N) is 2. The molecule has 0 amide bonds. The van der Waals surface area contributed by atoms with E-state index in [1.54, 1.807) is 0 Å². The molecule has 0 aliphatic rings. The van der Waals surface area contributed by atoms with Crippen molar-refractivity contribution in [3.63, 3.8) is 0 Å². The van der Waals surface area contributed by atoms with Gasteiger partial charge in [0.25, 0.3) is 0 Å². The lowest BCUT2D eigenvalue weighted by Crippen LogP contribution is -2.45. The first-order valence-electron chi connectivity index (χ1n) is 5.33. The maximum atomic E-state index is 11.7. The lowest BCUT2D eigenvalue weighted by atomic mass is 10.2. The second-order valence-corrected chi connectivity index (χ2v) is 6.08. The zero-order valence-electron chi connectivity index (χ0n) is 10.4. The van der Waals surface area contributed by atoms with Crippen LogP contribution in [0.15, 0.2) is 12.7 Å². The van der Waals surface area contributed by atoms with E-state index in [9.17, 15) is 14.4 Å². The quantitative estimate of drug-likeness (QED) is 0.230. The molecule has 114 valence electrons. The number of carboxylic acids is 2. The van der Waals surface area contributed by atoms with Crippen LogP contribution in [0.3, 0.4) is 0 Å². The average Bonchev–Trinajstić information content (AvgIpc) is 2.39. The minimum atomic E-state index is -1.47. The van der Waals surface area contributed by atoms with Gasteiger partial charge in [-0.2, -0.15) is 0 Å². The number of aliphatic carboxylic acids is 2. The first kappa shape index (κ1) is 18.8. The Morgan fingerprint density at radius 1 is 1.25 bits per heavy atom. The highest BCUT2D eigenvalue weighted by Crippen LogP contribution is 2.29. The van der Waals surface area contributed by atoms with Gasteiger partial charge in [-0.15, -0.1) is 0 Å². The molecule has 10 heteroatoms. The Balaban J connectivity index is 4.53. The predicted molar refractivity (Wildman–Crippen MR) is 76.2 cm³/mol. The van der Waals surface area contributed by atoms with Gasteiger partial charge >= 0.3 is 17.9 Å². The van der Waals surface area contributed by atoms with Crippen molar-refractivity contribution >= 4 is 39.5 Å². The monoisotopic (exact) mass is 324 g/mol. The van der Waals surface area contributed by atoms with Crippen LogP contribution in [0, 0.1) is 0 Å². The molecule has 0 aliphatic heterocycles. The summed E-state index contributed by atoms with van der Waals surface area (Å²) in [4.78, 5) is 33.0. The SMILES string of the molecule is C=CCOC(=O)C(SSC[C@H](N)C(=O)O)[C@H](N)C(=O)O. The van der Waals surface area contributed by atoms with Crippen LogP contribution in [0.4, 0.5) is 0 Å². The number of hydrogen-bond acceptors (Lipinski definition) is 8. The summed E-state index contributed by atoms with van der Waals surface area (Å²) in [7, 11) is 1.77. The number of ether oxygens (including phenoxy) is 1. The molecule has 0 rings (SSSR count). The van der Waals surface area contributed by atoms with Crippen LogP contribution in [0.5, 0.6) is 0 Å². The standard InChI is InChI=1S/C10H16N2O6S2/c1-2-3-18-10(17)7(6(12)9(15)16)20-19-4-5(11)8(13)14/h2,5-7H,1,3-4,11-12H2,(H,13,14)(H,15,16)/t5-,6-,7?/m0/s1. The number of carbonyl (C=O) groups excluding carboxylic acids is 1. The summed E-state index contributed by atoms with van der Waals surface area (Å²) in [5.41, 5.74) is 10.7. The van der Waals surface area contributed by atoms with Crippen LogP contribution in [-0.2, 0) is 19.1 Å². The largest absolute Gasteiger partial charge is 0.480 e. The smallest absolute Gasteiger partial charge is 0.322 e. The molecule has 6 N–H and O–H groups in total. The highest BCUT2D eigenvalue weighted by molar-refractivity contribution is 8.77. The van der Waals surface area contributed by atoms with Crippen molar-refractivity contribution in [3.8, 4) is 0 Å². The Kier molecular flexibility index (Phi) is 9.05. The maximum absolute atomic E-state index is 11.7. The van der Waals surface area contributed by atoms with Crippen LogP contribution >= 0.6 is 21.6 Å². The number of carbonyl (C=O) groups is 3. The van der Waals surface area contributed by atoms with Gasteiger partial charge in [0.2, 0.25) is 0 Å². The highest BCUT2D eigenvalue weighted by Gasteiger charge is 2.33. The van der Waals surface area contributed by atoms with Gasteiger partial charge in [0, 0.05) is 5.75 Å². The zero-order chi connectivity index (χ0) is 15.7. The molecule has 0 fully saturated rings. The molecule has 0 aromatic rings. The third kappa shape index (κ3) is 6.80. The van der Waals surface area contributed by atoms with Crippen molar-refractivity contribution < 1.29 is 29.3 Å². The van der Waals surface area contributed by atoms with E-state index >= 15 is 0 Å². The summed E-state index contributed by atoms with van der Waals surface area (Å²) in [5.74, 6) is -3.36. The third-order valence-corrected chi connectivity index (χ3v) is 4.69. The highest BCUT2D eigenvalue weighted by atomic mass is 33.1. The molecular formula is C10H16N2O6S2. The summed E-state index contributed by atoms with van der Waals surface area (Å²) < 4.78 is 4.75. The predicted octanol–water partition coefficient (Wildman–Crippen LogP) is -0.711. The summed E-state index contributed by atoms with van der Waals surface area (Å²) in [6, 6.07) is -2.58. The van der Waals surface area contributed by atoms with E-state index in [-0.39, 0.29) is 12.4 Å². The second-order valence-electron chi connectivity index (χ2n) is 3.53. The van der Waals surface area contributed by atoms with Crippen molar-refractivity contribution in [2.45, 2.75) is 17.3 Å². The molecule has 0 saturated heterocycles. The van der Waals surface area contributed by atoms with Gasteiger partial charge in [0.05, 0.1) is 0 Å². The van der Waals surface area contributed by atoms with E-state index in [0.29, 0.717) is 0 Å². The Morgan fingerprint density at radius 3 is 2.30 bits per heavy atom. The molecule has 20 heavy (non-hydrogen) atoms. The molecule has 8 nitrogen and oxygen atoms in total. The van der Waals surface area contributed by atoms with Gasteiger partial charge < -0.3 is 26.4 Å². The first-order valence-corrected chi connectivity index (χ1v) is 7.72. The second kappa shape index (κ2) is 9.64. The molecule has 0 aromatic carbocycles.